The summed E-state index contributed by atoms with van der Waals surface area (Å²) >= 11 is 2.86. The number of hydrogen-bond donors (Lipinski definition) is 0. The van der Waals surface area contributed by atoms with Gasteiger partial charge < -0.3 is 24.0 Å². The van der Waals surface area contributed by atoms with Crippen molar-refractivity contribution >= 4 is 27.9 Å². The van der Waals surface area contributed by atoms with E-state index in [1.807, 2.05) is 0 Å². The molecule has 1 saturated heterocycles. The lowest BCUT2D eigenvalue weighted by molar-refractivity contribution is -0.0506. The van der Waals surface area contributed by atoms with E-state index in [1.54, 1.807) is 20.8 Å². The van der Waals surface area contributed by atoms with Crippen LogP contribution in [0.2, 0.25) is 0 Å². The predicted octanol–water partition coefficient (Wildman–Crippen LogP) is 3.64. The van der Waals surface area contributed by atoms with Gasteiger partial charge in [-0.15, -0.1) is 0 Å². The van der Waals surface area contributed by atoms with Crippen LogP contribution in [0, 0.1) is 5.82 Å². The molecule has 160 valence electrons. The predicted molar refractivity (Wildman–Crippen MR) is 98.9 cm³/mol. The molecule has 1 aromatic carbocycles. The number of carbonyl (C=O) groups is 2. The smallest absolute Gasteiger partial charge is 0.410 e. The summed E-state index contributed by atoms with van der Waals surface area (Å²) in [6, 6.07) is 0.480. The molecule has 1 atom stereocenters. The van der Waals surface area contributed by atoms with Crippen molar-refractivity contribution in [2.45, 2.75) is 39.0 Å². The summed E-state index contributed by atoms with van der Waals surface area (Å²) in [7, 11) is 0. The Kier molecular flexibility index (Phi) is 5.88. The van der Waals surface area contributed by atoms with E-state index in [9.17, 15) is 22.8 Å². The zero-order valence-electron chi connectivity index (χ0n) is 16.0. The number of hydrogen-bond acceptors (Lipinski definition) is 5. The quantitative estimate of drug-likeness (QED) is 0.646. The summed E-state index contributed by atoms with van der Waals surface area (Å²) in [5, 5.41) is 0. The van der Waals surface area contributed by atoms with Crippen molar-refractivity contribution in [1.29, 1.82) is 0 Å². The molecule has 0 spiro atoms. The Bertz CT molecular complexity index is 831. The molecule has 0 aromatic heterocycles. The molecular weight excluding hydrogens is 461 g/mol. The first-order valence-electron chi connectivity index (χ1n) is 8.86. The second kappa shape index (κ2) is 7.92. The highest BCUT2D eigenvalue weighted by Gasteiger charge is 2.39. The minimum absolute atomic E-state index is 0.0730. The monoisotopic (exact) mass is 480 g/mol. The van der Waals surface area contributed by atoms with Crippen molar-refractivity contribution in [3.63, 3.8) is 0 Å². The SMILES string of the molecule is CC(C)(C)OC(=O)N1CCN2C(=O)c3cc(OC(F)F)c(Br)c(F)c3OC[C@H]2C1. The van der Waals surface area contributed by atoms with Crippen LogP contribution in [0.15, 0.2) is 10.5 Å². The van der Waals surface area contributed by atoms with Gasteiger partial charge in [0.15, 0.2) is 11.6 Å². The van der Waals surface area contributed by atoms with Crippen LogP contribution in [0.25, 0.3) is 0 Å². The number of benzene rings is 1. The molecule has 11 heteroatoms. The Labute approximate surface area is 173 Å². The Balaban J connectivity index is 1.85. The molecule has 2 heterocycles. The molecule has 7 nitrogen and oxygen atoms in total. The van der Waals surface area contributed by atoms with Crippen LogP contribution in [0.4, 0.5) is 18.0 Å². The van der Waals surface area contributed by atoms with Crippen LogP contribution < -0.4 is 9.47 Å². The van der Waals surface area contributed by atoms with Gasteiger partial charge in [-0.1, -0.05) is 0 Å². The molecule has 0 unspecified atom stereocenters. The van der Waals surface area contributed by atoms with Crippen molar-refractivity contribution < 1.29 is 37.0 Å². The number of amides is 2. The van der Waals surface area contributed by atoms with Crippen molar-refractivity contribution in [1.82, 2.24) is 9.80 Å². The Morgan fingerprint density at radius 1 is 1.34 bits per heavy atom. The van der Waals surface area contributed by atoms with Crippen molar-refractivity contribution in [2.24, 2.45) is 0 Å². The number of ether oxygens (including phenoxy) is 3. The largest absolute Gasteiger partial charge is 0.487 e. The second-order valence-electron chi connectivity index (χ2n) is 7.65. The van der Waals surface area contributed by atoms with E-state index in [0.717, 1.165) is 6.07 Å². The normalized spacial score (nSPS) is 19.3. The van der Waals surface area contributed by atoms with Crippen LogP contribution in [0.3, 0.4) is 0 Å². The third-order valence-electron chi connectivity index (χ3n) is 4.39. The van der Waals surface area contributed by atoms with Crippen LogP contribution >= 0.6 is 15.9 Å². The molecule has 0 aliphatic carbocycles. The first kappa shape index (κ1) is 21.5. The lowest BCUT2D eigenvalue weighted by atomic mass is 10.1. The summed E-state index contributed by atoms with van der Waals surface area (Å²) in [6.07, 6.45) is -0.520. The molecule has 2 aliphatic rings. The van der Waals surface area contributed by atoms with Crippen LogP contribution in [0.1, 0.15) is 31.1 Å². The standard InChI is InChI=1S/C18H20BrF3N2O5/c1-18(2,3)29-17(26)23-4-5-24-9(7-23)8-27-14-10(15(24)25)6-11(28-16(21)22)12(19)13(14)20/h6,9,16H,4-5,7-8H2,1-3H3/t9-/m1/s1. The number of halogens is 4. The van der Waals surface area contributed by atoms with Crippen LogP contribution in [0.5, 0.6) is 11.5 Å². The molecule has 2 amide bonds. The molecule has 3 rings (SSSR count). The first-order valence-corrected chi connectivity index (χ1v) is 9.65. The number of fused-ring (bicyclic) bond motifs is 2. The third-order valence-corrected chi connectivity index (χ3v) is 5.13. The van der Waals surface area contributed by atoms with Gasteiger partial charge in [-0.25, -0.2) is 9.18 Å². The van der Waals surface area contributed by atoms with Gasteiger partial charge in [0.2, 0.25) is 0 Å². The van der Waals surface area contributed by atoms with Crippen LogP contribution in [-0.2, 0) is 4.74 Å². The summed E-state index contributed by atoms with van der Waals surface area (Å²) in [5.41, 5.74) is -0.883. The van der Waals surface area contributed by atoms with E-state index in [-0.39, 0.29) is 42.0 Å². The topological polar surface area (TPSA) is 68.3 Å². The van der Waals surface area contributed by atoms with Crippen molar-refractivity contribution in [3.8, 4) is 11.5 Å². The lowest BCUT2D eigenvalue weighted by Crippen LogP contribution is -2.58. The molecule has 0 bridgehead atoms. The Morgan fingerprint density at radius 2 is 2.03 bits per heavy atom. The first-order chi connectivity index (χ1) is 13.5. The molecule has 0 N–H and O–H groups in total. The number of alkyl halides is 2. The van der Waals surface area contributed by atoms with E-state index >= 15 is 0 Å². The highest BCUT2D eigenvalue weighted by molar-refractivity contribution is 9.10. The van der Waals surface area contributed by atoms with E-state index in [0.29, 0.717) is 0 Å². The summed E-state index contributed by atoms with van der Waals surface area (Å²) in [5.74, 6) is -2.44. The second-order valence-corrected chi connectivity index (χ2v) is 8.44. The van der Waals surface area contributed by atoms with E-state index < -0.39 is 41.8 Å². The minimum atomic E-state index is -3.18. The zero-order valence-corrected chi connectivity index (χ0v) is 17.6. The van der Waals surface area contributed by atoms with Crippen molar-refractivity contribution in [2.75, 3.05) is 26.2 Å². The summed E-state index contributed by atoms with van der Waals surface area (Å²) in [6.45, 7) is 2.49. The molecule has 1 aromatic rings. The molecule has 0 saturated carbocycles. The van der Waals surface area contributed by atoms with Gasteiger partial charge >= 0.3 is 12.7 Å². The highest BCUT2D eigenvalue weighted by atomic mass is 79.9. The third kappa shape index (κ3) is 4.54. The Morgan fingerprint density at radius 3 is 2.66 bits per heavy atom. The molecule has 0 radical (unpaired) electrons. The molecule has 1 fully saturated rings. The van der Waals surface area contributed by atoms with Gasteiger partial charge in [-0.3, -0.25) is 4.79 Å². The number of carbonyl (C=O) groups excluding carboxylic acids is 2. The molecule has 29 heavy (non-hydrogen) atoms. The van der Waals surface area contributed by atoms with Crippen molar-refractivity contribution in [3.05, 3.63) is 21.9 Å². The van der Waals surface area contributed by atoms with Gasteiger partial charge in [0.05, 0.1) is 16.1 Å². The molecular formula is C18H20BrF3N2O5. The van der Waals surface area contributed by atoms with Gasteiger partial charge in [0.1, 0.15) is 18.0 Å². The number of piperazine rings is 1. The fourth-order valence-corrected chi connectivity index (χ4v) is 3.55. The maximum Gasteiger partial charge on any atom is 0.410 e. The fourth-order valence-electron chi connectivity index (χ4n) is 3.16. The Hall–Kier alpha value is -2.17. The molecule has 2 aliphatic heterocycles. The number of rotatable bonds is 2. The summed E-state index contributed by atoms with van der Waals surface area (Å²) < 4.78 is 54.7. The maximum absolute atomic E-state index is 14.7. The van der Waals surface area contributed by atoms with Gasteiger partial charge in [0, 0.05) is 19.6 Å². The van der Waals surface area contributed by atoms with Gasteiger partial charge in [-0.2, -0.15) is 8.78 Å². The van der Waals surface area contributed by atoms with Gasteiger partial charge in [-0.05, 0) is 42.8 Å². The average molecular weight is 481 g/mol. The lowest BCUT2D eigenvalue weighted by Gasteiger charge is -2.40. The van der Waals surface area contributed by atoms with Crippen LogP contribution in [-0.4, -0.2) is 66.3 Å². The summed E-state index contributed by atoms with van der Waals surface area (Å²) in [4.78, 5) is 28.2. The fraction of sp³-hybridized carbons (Fsp3) is 0.556. The minimum Gasteiger partial charge on any atom is -0.487 e. The zero-order chi connectivity index (χ0) is 21.5. The van der Waals surface area contributed by atoms with E-state index in [2.05, 4.69) is 20.7 Å². The van der Waals surface area contributed by atoms with E-state index in [4.69, 9.17) is 9.47 Å². The maximum atomic E-state index is 14.7. The highest BCUT2D eigenvalue weighted by Crippen LogP contribution is 2.40. The van der Waals surface area contributed by atoms with Gasteiger partial charge in [0.25, 0.3) is 5.91 Å². The van der Waals surface area contributed by atoms with E-state index in [1.165, 1.54) is 9.80 Å². The average Bonchev–Trinajstić information content (AvgIpc) is 2.75. The number of nitrogens with zero attached hydrogens (tertiary/aromatic N) is 2.